The average molecular weight is 398 g/mol. The molecule has 144 valence electrons. The summed E-state index contributed by atoms with van der Waals surface area (Å²) in [6.07, 6.45) is 1.77. The fourth-order valence-corrected chi connectivity index (χ4v) is 3.54. The summed E-state index contributed by atoms with van der Waals surface area (Å²) in [7, 11) is 0. The monoisotopic (exact) mass is 397 g/mol. The quantitative estimate of drug-likeness (QED) is 0.641. The number of aromatic nitrogens is 2. The van der Waals surface area contributed by atoms with Crippen molar-refractivity contribution in [3.05, 3.63) is 77.0 Å². The van der Waals surface area contributed by atoms with Gasteiger partial charge in [0.1, 0.15) is 5.75 Å². The van der Waals surface area contributed by atoms with Gasteiger partial charge in [-0.2, -0.15) is 0 Å². The molecular formula is C21H20ClN3O3. The number of para-hydroxylation sites is 1. The second-order valence-corrected chi connectivity index (χ2v) is 7.11. The Labute approximate surface area is 168 Å². The fraction of sp³-hybridized carbons (Fsp3) is 0.286. The number of amides is 1. The average Bonchev–Trinajstić information content (AvgIpc) is 3.22. The normalized spacial score (nSPS) is 16.8. The van der Waals surface area contributed by atoms with Crippen molar-refractivity contribution in [1.29, 1.82) is 0 Å². The summed E-state index contributed by atoms with van der Waals surface area (Å²) in [6, 6.07) is 16.6. The summed E-state index contributed by atoms with van der Waals surface area (Å²) >= 11 is 6.18. The van der Waals surface area contributed by atoms with Crippen LogP contribution in [0.4, 0.5) is 0 Å². The number of carbonyl (C=O) groups excluding carboxylic acids is 1. The standard InChI is InChI=1S/C21H20ClN3O3/c22-18-11-5-4-10-17(18)21(26)25-12-6-7-15(13-25)20-24-23-19(28-20)14-27-16-8-2-1-3-9-16/h1-5,8-11,15H,6-7,12-14H2. The second kappa shape index (κ2) is 8.44. The number of rotatable bonds is 5. The summed E-state index contributed by atoms with van der Waals surface area (Å²) in [5, 5.41) is 8.72. The van der Waals surface area contributed by atoms with E-state index in [1.807, 2.05) is 42.5 Å². The molecule has 1 aliphatic rings. The molecular weight excluding hydrogens is 378 g/mol. The molecule has 7 heteroatoms. The smallest absolute Gasteiger partial charge is 0.255 e. The van der Waals surface area contributed by atoms with Crippen LogP contribution >= 0.6 is 11.6 Å². The maximum atomic E-state index is 12.8. The van der Waals surface area contributed by atoms with E-state index in [-0.39, 0.29) is 18.4 Å². The Bertz CT molecular complexity index is 945. The van der Waals surface area contributed by atoms with Gasteiger partial charge in [-0.15, -0.1) is 10.2 Å². The van der Waals surface area contributed by atoms with Gasteiger partial charge in [0.2, 0.25) is 5.89 Å². The van der Waals surface area contributed by atoms with Gasteiger partial charge >= 0.3 is 0 Å². The number of hydrogen-bond acceptors (Lipinski definition) is 5. The van der Waals surface area contributed by atoms with Crippen molar-refractivity contribution >= 4 is 17.5 Å². The van der Waals surface area contributed by atoms with Gasteiger partial charge < -0.3 is 14.1 Å². The van der Waals surface area contributed by atoms with Crippen molar-refractivity contribution in [2.75, 3.05) is 13.1 Å². The van der Waals surface area contributed by atoms with Crippen LogP contribution in [0.5, 0.6) is 5.75 Å². The second-order valence-electron chi connectivity index (χ2n) is 6.71. The molecule has 6 nitrogen and oxygen atoms in total. The molecule has 0 spiro atoms. The number of halogens is 1. The van der Waals surface area contributed by atoms with Gasteiger partial charge in [0.05, 0.1) is 16.5 Å². The summed E-state index contributed by atoms with van der Waals surface area (Å²) in [5.41, 5.74) is 0.521. The lowest BCUT2D eigenvalue weighted by Gasteiger charge is -2.31. The summed E-state index contributed by atoms with van der Waals surface area (Å²) in [5.74, 6) is 1.66. The largest absolute Gasteiger partial charge is 0.484 e. The Morgan fingerprint density at radius 3 is 2.75 bits per heavy atom. The molecule has 1 unspecified atom stereocenters. The van der Waals surface area contributed by atoms with Crippen LogP contribution in [0, 0.1) is 0 Å². The topological polar surface area (TPSA) is 68.5 Å². The minimum Gasteiger partial charge on any atom is -0.484 e. The SMILES string of the molecule is O=C(c1ccccc1Cl)N1CCCC(c2nnc(COc3ccccc3)o2)C1. The van der Waals surface area contributed by atoms with E-state index in [0.717, 1.165) is 18.6 Å². The van der Waals surface area contributed by atoms with E-state index in [0.29, 0.717) is 35.5 Å². The minimum atomic E-state index is -0.0672. The van der Waals surface area contributed by atoms with Crippen molar-refractivity contribution in [2.24, 2.45) is 0 Å². The molecule has 28 heavy (non-hydrogen) atoms. The van der Waals surface area contributed by atoms with Gasteiger partial charge in [0, 0.05) is 13.1 Å². The minimum absolute atomic E-state index is 0.0122. The first kappa shape index (κ1) is 18.5. The maximum Gasteiger partial charge on any atom is 0.255 e. The zero-order chi connectivity index (χ0) is 19.3. The number of piperidine rings is 1. The number of carbonyl (C=O) groups is 1. The van der Waals surface area contributed by atoms with E-state index in [1.165, 1.54) is 0 Å². The Hall–Kier alpha value is -2.86. The van der Waals surface area contributed by atoms with Crippen LogP contribution in [-0.2, 0) is 6.61 Å². The van der Waals surface area contributed by atoms with E-state index in [1.54, 1.807) is 17.0 Å². The molecule has 1 aliphatic heterocycles. The first-order valence-electron chi connectivity index (χ1n) is 9.24. The zero-order valence-corrected chi connectivity index (χ0v) is 16.0. The summed E-state index contributed by atoms with van der Waals surface area (Å²) in [4.78, 5) is 14.6. The Balaban J connectivity index is 1.40. The molecule has 0 radical (unpaired) electrons. The van der Waals surface area contributed by atoms with Crippen molar-refractivity contribution in [1.82, 2.24) is 15.1 Å². The van der Waals surface area contributed by atoms with Gasteiger partial charge in [-0.05, 0) is 37.1 Å². The molecule has 4 rings (SSSR count). The van der Waals surface area contributed by atoms with Crippen LogP contribution in [0.25, 0.3) is 0 Å². The van der Waals surface area contributed by atoms with Crippen molar-refractivity contribution in [2.45, 2.75) is 25.4 Å². The van der Waals surface area contributed by atoms with Crippen LogP contribution in [0.15, 0.2) is 59.0 Å². The third-order valence-corrected chi connectivity index (χ3v) is 5.08. The molecule has 0 saturated carbocycles. The fourth-order valence-electron chi connectivity index (χ4n) is 3.32. The molecule has 1 saturated heterocycles. The highest BCUT2D eigenvalue weighted by Gasteiger charge is 2.29. The van der Waals surface area contributed by atoms with Crippen LogP contribution in [-0.4, -0.2) is 34.1 Å². The van der Waals surface area contributed by atoms with Gasteiger partial charge in [0.15, 0.2) is 6.61 Å². The molecule has 1 atom stereocenters. The first-order valence-corrected chi connectivity index (χ1v) is 9.62. The first-order chi connectivity index (χ1) is 13.7. The van der Waals surface area contributed by atoms with Crippen molar-refractivity contribution in [3.63, 3.8) is 0 Å². The predicted octanol–water partition coefficient (Wildman–Crippen LogP) is 4.32. The van der Waals surface area contributed by atoms with E-state index in [9.17, 15) is 4.79 Å². The van der Waals surface area contributed by atoms with Gasteiger partial charge in [-0.25, -0.2) is 0 Å². The maximum absolute atomic E-state index is 12.8. The molecule has 1 aromatic heterocycles. The number of ether oxygens (including phenoxy) is 1. The number of nitrogens with zero attached hydrogens (tertiary/aromatic N) is 3. The summed E-state index contributed by atoms with van der Waals surface area (Å²) in [6.45, 7) is 1.44. The zero-order valence-electron chi connectivity index (χ0n) is 15.3. The number of benzene rings is 2. The molecule has 1 amide bonds. The molecule has 1 fully saturated rings. The van der Waals surface area contributed by atoms with Gasteiger partial charge in [0.25, 0.3) is 11.8 Å². The van der Waals surface area contributed by atoms with E-state index in [4.69, 9.17) is 20.8 Å². The lowest BCUT2D eigenvalue weighted by Crippen LogP contribution is -2.39. The highest BCUT2D eigenvalue weighted by molar-refractivity contribution is 6.33. The Kier molecular flexibility index (Phi) is 5.58. The van der Waals surface area contributed by atoms with Crippen LogP contribution < -0.4 is 4.74 Å². The Morgan fingerprint density at radius 2 is 1.93 bits per heavy atom. The van der Waals surface area contributed by atoms with Crippen molar-refractivity contribution in [3.8, 4) is 5.75 Å². The third-order valence-electron chi connectivity index (χ3n) is 4.75. The highest BCUT2D eigenvalue weighted by atomic mass is 35.5. The van der Waals surface area contributed by atoms with Crippen LogP contribution in [0.2, 0.25) is 5.02 Å². The van der Waals surface area contributed by atoms with E-state index >= 15 is 0 Å². The number of likely N-dealkylation sites (tertiary alicyclic amines) is 1. The molecule has 3 aromatic rings. The van der Waals surface area contributed by atoms with Crippen molar-refractivity contribution < 1.29 is 13.9 Å². The molecule has 2 heterocycles. The van der Waals surface area contributed by atoms with Crippen LogP contribution in [0.3, 0.4) is 0 Å². The third kappa shape index (κ3) is 4.17. The van der Waals surface area contributed by atoms with E-state index in [2.05, 4.69) is 10.2 Å². The van der Waals surface area contributed by atoms with Crippen LogP contribution in [0.1, 0.15) is 40.9 Å². The van der Waals surface area contributed by atoms with Gasteiger partial charge in [-0.1, -0.05) is 41.9 Å². The lowest BCUT2D eigenvalue weighted by atomic mass is 9.97. The number of hydrogen-bond donors (Lipinski definition) is 0. The molecule has 2 aromatic carbocycles. The van der Waals surface area contributed by atoms with Gasteiger partial charge in [-0.3, -0.25) is 4.79 Å². The molecule has 0 bridgehead atoms. The highest BCUT2D eigenvalue weighted by Crippen LogP contribution is 2.28. The molecule has 0 N–H and O–H groups in total. The van der Waals surface area contributed by atoms with E-state index < -0.39 is 0 Å². The predicted molar refractivity (Wildman–Crippen MR) is 104 cm³/mol. The Morgan fingerprint density at radius 1 is 1.14 bits per heavy atom. The molecule has 0 aliphatic carbocycles. The summed E-state index contributed by atoms with van der Waals surface area (Å²) < 4.78 is 11.4. The lowest BCUT2D eigenvalue weighted by molar-refractivity contribution is 0.0697.